The van der Waals surface area contributed by atoms with Crippen LogP contribution in [0, 0.1) is 0 Å². The molecular formula is C22H24N2O3S. The van der Waals surface area contributed by atoms with Gasteiger partial charge in [0.15, 0.2) is 0 Å². The molecule has 1 unspecified atom stereocenters. The number of carboxylic acids is 1. The van der Waals surface area contributed by atoms with Crippen LogP contribution in [0.15, 0.2) is 54.6 Å². The number of aromatic nitrogens is 1. The first-order valence-corrected chi connectivity index (χ1v) is 10.2. The van der Waals surface area contributed by atoms with Crippen LogP contribution in [0.5, 0.6) is 0 Å². The van der Waals surface area contributed by atoms with Gasteiger partial charge in [0.1, 0.15) is 0 Å². The second kappa shape index (κ2) is 8.97. The third-order valence-corrected chi connectivity index (χ3v) is 5.89. The molecule has 1 heterocycles. The van der Waals surface area contributed by atoms with E-state index in [0.717, 1.165) is 20.8 Å². The van der Waals surface area contributed by atoms with Crippen molar-refractivity contribution in [1.29, 1.82) is 0 Å². The topological polar surface area (TPSA) is 79.3 Å². The summed E-state index contributed by atoms with van der Waals surface area (Å²) in [6.45, 7) is 2.41. The molecule has 0 bridgehead atoms. The number of benzene rings is 2. The number of nitrogens with one attached hydrogen (secondary N) is 1. The van der Waals surface area contributed by atoms with Crippen LogP contribution in [-0.2, 0) is 21.4 Å². The highest BCUT2D eigenvalue weighted by Crippen LogP contribution is 2.32. The van der Waals surface area contributed by atoms with E-state index in [2.05, 4.69) is 5.32 Å². The molecule has 2 aromatic carbocycles. The number of unbranched alkanes of at least 4 members (excludes halogenated alkanes) is 1. The molecule has 1 atom stereocenters. The lowest BCUT2D eigenvalue weighted by Gasteiger charge is -2.28. The summed E-state index contributed by atoms with van der Waals surface area (Å²) in [5, 5.41) is 12.6. The second-order valence-electron chi connectivity index (χ2n) is 7.06. The molecule has 1 aromatic heterocycles. The van der Waals surface area contributed by atoms with Crippen molar-refractivity contribution in [2.75, 3.05) is 6.54 Å². The van der Waals surface area contributed by atoms with E-state index < -0.39 is 11.4 Å². The number of hydrogen-bond donors (Lipinski definition) is 2. The number of carbonyl (C=O) groups excluding carboxylic acids is 1. The van der Waals surface area contributed by atoms with Crippen molar-refractivity contribution in [3.8, 4) is 0 Å². The van der Waals surface area contributed by atoms with Gasteiger partial charge < -0.3 is 10.4 Å². The van der Waals surface area contributed by atoms with Crippen molar-refractivity contribution in [3.63, 3.8) is 0 Å². The van der Waals surface area contributed by atoms with Crippen LogP contribution in [0.3, 0.4) is 0 Å². The summed E-state index contributed by atoms with van der Waals surface area (Å²) in [5.41, 5.74) is 1.14. The number of hydrogen-bond acceptors (Lipinski definition) is 4. The lowest BCUT2D eigenvalue weighted by Crippen LogP contribution is -2.44. The van der Waals surface area contributed by atoms with Gasteiger partial charge in [-0.05, 0) is 37.5 Å². The summed E-state index contributed by atoms with van der Waals surface area (Å²) in [6.07, 6.45) is 1.83. The molecule has 28 heavy (non-hydrogen) atoms. The third kappa shape index (κ3) is 4.75. The fourth-order valence-electron chi connectivity index (χ4n) is 3.22. The quantitative estimate of drug-likeness (QED) is 0.532. The van der Waals surface area contributed by atoms with Gasteiger partial charge in [-0.3, -0.25) is 9.59 Å². The maximum atomic E-state index is 13.1. The van der Waals surface area contributed by atoms with Crippen molar-refractivity contribution in [2.45, 2.75) is 38.0 Å². The van der Waals surface area contributed by atoms with Gasteiger partial charge in [0, 0.05) is 19.4 Å². The predicted molar refractivity (Wildman–Crippen MR) is 112 cm³/mol. The summed E-state index contributed by atoms with van der Waals surface area (Å²) < 4.78 is 1.11. The van der Waals surface area contributed by atoms with Gasteiger partial charge in [-0.2, -0.15) is 0 Å². The van der Waals surface area contributed by atoms with Crippen molar-refractivity contribution in [2.24, 2.45) is 0 Å². The summed E-state index contributed by atoms with van der Waals surface area (Å²) >= 11 is 1.62. The molecule has 146 valence electrons. The van der Waals surface area contributed by atoms with Crippen LogP contribution >= 0.6 is 11.3 Å². The van der Waals surface area contributed by atoms with Gasteiger partial charge >= 0.3 is 5.97 Å². The number of carboxylic acid groups (broad SMARTS) is 1. The molecule has 3 rings (SSSR count). The van der Waals surface area contributed by atoms with Gasteiger partial charge in [0.05, 0.1) is 20.6 Å². The minimum absolute atomic E-state index is 0.0618. The lowest BCUT2D eigenvalue weighted by molar-refractivity contribution is -0.137. The molecule has 1 amide bonds. The van der Waals surface area contributed by atoms with E-state index in [1.54, 1.807) is 11.3 Å². The lowest BCUT2D eigenvalue weighted by atomic mass is 9.78. The molecule has 0 fully saturated rings. The van der Waals surface area contributed by atoms with Crippen LogP contribution < -0.4 is 5.32 Å². The fourth-order valence-corrected chi connectivity index (χ4v) is 4.34. The van der Waals surface area contributed by atoms with Crippen molar-refractivity contribution >= 4 is 33.4 Å². The molecule has 0 aliphatic rings. The minimum Gasteiger partial charge on any atom is -0.481 e. The molecule has 0 saturated heterocycles. The van der Waals surface area contributed by atoms with E-state index in [1.165, 1.54) is 0 Å². The standard InChI is InChI=1S/C22H24N2O3S/c1-22(16-9-3-2-4-10-16,21(27)23-14-8-7-13-20(25)26)15-19-24-17-11-5-6-12-18(17)28-19/h2-6,9-12H,7-8,13-15H2,1H3,(H,23,27)(H,25,26). The Morgan fingerprint density at radius 3 is 2.50 bits per heavy atom. The van der Waals surface area contributed by atoms with Crippen LogP contribution in [0.1, 0.15) is 36.8 Å². The maximum absolute atomic E-state index is 13.1. The molecule has 0 radical (unpaired) electrons. The number of para-hydroxylation sites is 1. The number of fused-ring (bicyclic) bond motifs is 1. The number of aliphatic carboxylic acids is 1. The maximum Gasteiger partial charge on any atom is 0.303 e. The van der Waals surface area contributed by atoms with E-state index in [1.807, 2.05) is 61.5 Å². The summed E-state index contributed by atoms with van der Waals surface area (Å²) in [6, 6.07) is 17.7. The Balaban J connectivity index is 1.77. The normalized spacial score (nSPS) is 13.2. The van der Waals surface area contributed by atoms with Gasteiger partial charge in [0.25, 0.3) is 0 Å². The molecule has 6 heteroatoms. The Labute approximate surface area is 168 Å². The average molecular weight is 397 g/mol. The molecule has 0 aliphatic heterocycles. The highest BCUT2D eigenvalue weighted by atomic mass is 32.1. The molecular weight excluding hydrogens is 372 g/mol. The second-order valence-corrected chi connectivity index (χ2v) is 8.17. The number of thiazole rings is 1. The van der Waals surface area contributed by atoms with E-state index >= 15 is 0 Å². The third-order valence-electron chi connectivity index (χ3n) is 4.86. The number of amides is 1. The first kappa shape index (κ1) is 20.0. The number of rotatable bonds is 9. The van der Waals surface area contributed by atoms with Crippen molar-refractivity contribution in [1.82, 2.24) is 10.3 Å². The molecule has 5 nitrogen and oxygen atoms in total. The Morgan fingerprint density at radius 2 is 1.79 bits per heavy atom. The van der Waals surface area contributed by atoms with Gasteiger partial charge in [-0.25, -0.2) is 4.98 Å². The first-order valence-electron chi connectivity index (χ1n) is 9.39. The molecule has 0 saturated carbocycles. The molecule has 0 spiro atoms. The summed E-state index contributed by atoms with van der Waals surface area (Å²) in [5.74, 6) is -0.871. The number of carbonyl (C=O) groups is 2. The highest BCUT2D eigenvalue weighted by Gasteiger charge is 2.36. The Bertz CT molecular complexity index is 922. The van der Waals surface area contributed by atoms with E-state index in [-0.39, 0.29) is 12.3 Å². The Morgan fingerprint density at radius 1 is 1.07 bits per heavy atom. The molecule has 0 aliphatic carbocycles. The van der Waals surface area contributed by atoms with Crippen molar-refractivity contribution < 1.29 is 14.7 Å². The smallest absolute Gasteiger partial charge is 0.303 e. The van der Waals surface area contributed by atoms with Crippen LogP contribution in [0.2, 0.25) is 0 Å². The largest absolute Gasteiger partial charge is 0.481 e. The zero-order chi connectivity index (χ0) is 20.0. The first-order chi connectivity index (χ1) is 13.5. The SMILES string of the molecule is CC(Cc1nc2ccccc2s1)(C(=O)NCCCCC(=O)O)c1ccccc1. The zero-order valence-corrected chi connectivity index (χ0v) is 16.7. The number of nitrogens with zero attached hydrogens (tertiary/aromatic N) is 1. The van der Waals surface area contributed by atoms with Crippen LogP contribution in [-0.4, -0.2) is 28.5 Å². The van der Waals surface area contributed by atoms with Crippen LogP contribution in [0.4, 0.5) is 0 Å². The van der Waals surface area contributed by atoms with E-state index in [0.29, 0.717) is 25.8 Å². The summed E-state index contributed by atoms with van der Waals surface area (Å²) in [4.78, 5) is 28.5. The average Bonchev–Trinajstić information content (AvgIpc) is 3.10. The predicted octanol–water partition coefficient (Wildman–Crippen LogP) is 4.17. The fraction of sp³-hybridized carbons (Fsp3) is 0.318. The Kier molecular flexibility index (Phi) is 6.41. The van der Waals surface area contributed by atoms with E-state index in [9.17, 15) is 9.59 Å². The Hall–Kier alpha value is -2.73. The molecule has 3 aromatic rings. The summed E-state index contributed by atoms with van der Waals surface area (Å²) in [7, 11) is 0. The van der Waals surface area contributed by atoms with Gasteiger partial charge in [-0.1, -0.05) is 42.5 Å². The zero-order valence-electron chi connectivity index (χ0n) is 15.9. The van der Waals surface area contributed by atoms with Gasteiger partial charge in [0.2, 0.25) is 5.91 Å². The van der Waals surface area contributed by atoms with Crippen molar-refractivity contribution in [3.05, 3.63) is 65.2 Å². The monoisotopic (exact) mass is 396 g/mol. The van der Waals surface area contributed by atoms with E-state index in [4.69, 9.17) is 10.1 Å². The minimum atomic E-state index is -0.809. The highest BCUT2D eigenvalue weighted by molar-refractivity contribution is 7.18. The molecule has 2 N–H and O–H groups in total. The van der Waals surface area contributed by atoms with Crippen LogP contribution in [0.25, 0.3) is 10.2 Å². The van der Waals surface area contributed by atoms with Gasteiger partial charge in [-0.15, -0.1) is 11.3 Å².